The van der Waals surface area contributed by atoms with Gasteiger partial charge in [0.2, 0.25) is 0 Å². The van der Waals surface area contributed by atoms with Gasteiger partial charge in [-0.1, -0.05) is 11.6 Å². The number of nitrogens with two attached hydrogens (primary N) is 1. The van der Waals surface area contributed by atoms with Crippen molar-refractivity contribution in [3.63, 3.8) is 0 Å². The monoisotopic (exact) mass is 227 g/mol. The van der Waals surface area contributed by atoms with Crippen LogP contribution >= 0.6 is 11.6 Å². The lowest BCUT2D eigenvalue weighted by molar-refractivity contribution is 0.326. The van der Waals surface area contributed by atoms with E-state index in [2.05, 4.69) is 31.2 Å². The molecule has 1 aromatic carbocycles. The Morgan fingerprint density at radius 3 is 2.67 bits per heavy atom. The van der Waals surface area contributed by atoms with Crippen LogP contribution in [0.3, 0.4) is 0 Å². The van der Waals surface area contributed by atoms with E-state index in [1.54, 1.807) is 6.07 Å². The van der Waals surface area contributed by atoms with Gasteiger partial charge in [-0.3, -0.25) is 0 Å². The Morgan fingerprint density at radius 2 is 2.13 bits per heavy atom. The third kappa shape index (κ3) is 3.61. The molecule has 0 radical (unpaired) electrons. The van der Waals surface area contributed by atoms with Gasteiger partial charge >= 0.3 is 0 Å². The number of hydrogen-bond donors (Lipinski definition) is 2. The zero-order valence-electron chi connectivity index (χ0n) is 9.42. The summed E-state index contributed by atoms with van der Waals surface area (Å²) in [6.45, 7) is 3.01. The SMILES string of the molecule is CC(CNc1ccc(Cl)cc1N)N(C)C. The fourth-order valence-corrected chi connectivity index (χ4v) is 1.32. The van der Waals surface area contributed by atoms with Gasteiger partial charge in [0.1, 0.15) is 0 Å². The zero-order chi connectivity index (χ0) is 11.4. The van der Waals surface area contributed by atoms with Crippen LogP contribution in [0.1, 0.15) is 6.92 Å². The van der Waals surface area contributed by atoms with Crippen LogP contribution in [0.4, 0.5) is 11.4 Å². The normalized spacial score (nSPS) is 12.9. The first-order valence-corrected chi connectivity index (χ1v) is 5.34. The molecule has 3 N–H and O–H groups in total. The molecule has 4 heteroatoms. The van der Waals surface area contributed by atoms with Crippen LogP contribution in [-0.2, 0) is 0 Å². The molecule has 1 unspecified atom stereocenters. The van der Waals surface area contributed by atoms with E-state index in [1.165, 1.54) is 0 Å². The molecule has 84 valence electrons. The molecule has 0 aromatic heterocycles. The first kappa shape index (κ1) is 12.1. The Bertz CT molecular complexity index is 326. The van der Waals surface area contributed by atoms with Crippen molar-refractivity contribution in [2.24, 2.45) is 0 Å². The van der Waals surface area contributed by atoms with E-state index >= 15 is 0 Å². The Labute approximate surface area is 96.2 Å². The minimum absolute atomic E-state index is 0.458. The number of benzene rings is 1. The molecular weight excluding hydrogens is 210 g/mol. The summed E-state index contributed by atoms with van der Waals surface area (Å²) in [5.41, 5.74) is 7.45. The van der Waals surface area contributed by atoms with Crippen molar-refractivity contribution in [3.05, 3.63) is 23.2 Å². The number of likely N-dealkylation sites (N-methyl/N-ethyl adjacent to an activating group) is 1. The van der Waals surface area contributed by atoms with Gasteiger partial charge in [-0.05, 0) is 39.2 Å². The molecule has 0 amide bonds. The summed E-state index contributed by atoms with van der Waals surface area (Å²) in [6.07, 6.45) is 0. The molecule has 15 heavy (non-hydrogen) atoms. The molecule has 0 fully saturated rings. The maximum absolute atomic E-state index is 5.82. The highest BCUT2D eigenvalue weighted by Gasteiger charge is 2.05. The fraction of sp³-hybridized carbons (Fsp3) is 0.455. The van der Waals surface area contributed by atoms with Gasteiger partial charge in [0, 0.05) is 17.6 Å². The van der Waals surface area contributed by atoms with Crippen LogP contribution in [0.25, 0.3) is 0 Å². The number of nitrogen functional groups attached to an aromatic ring is 1. The van der Waals surface area contributed by atoms with Crippen LogP contribution in [0.5, 0.6) is 0 Å². The van der Waals surface area contributed by atoms with E-state index in [0.29, 0.717) is 16.8 Å². The van der Waals surface area contributed by atoms with Crippen LogP contribution < -0.4 is 11.1 Å². The number of anilines is 2. The van der Waals surface area contributed by atoms with Crippen LogP contribution in [0.2, 0.25) is 5.02 Å². The second-order valence-corrected chi connectivity index (χ2v) is 4.36. The second-order valence-electron chi connectivity index (χ2n) is 3.93. The standard InChI is InChI=1S/C11H18ClN3/c1-8(15(2)3)7-14-11-5-4-9(12)6-10(11)13/h4-6,8,14H,7,13H2,1-3H3. The maximum Gasteiger partial charge on any atom is 0.0575 e. The lowest BCUT2D eigenvalue weighted by Crippen LogP contribution is -2.31. The minimum atomic E-state index is 0.458. The molecule has 0 bridgehead atoms. The molecule has 0 aliphatic heterocycles. The smallest absolute Gasteiger partial charge is 0.0575 e. The Hall–Kier alpha value is -0.930. The van der Waals surface area contributed by atoms with E-state index in [0.717, 1.165) is 12.2 Å². The highest BCUT2D eigenvalue weighted by atomic mass is 35.5. The summed E-state index contributed by atoms with van der Waals surface area (Å²) >= 11 is 5.81. The summed E-state index contributed by atoms with van der Waals surface area (Å²) in [5, 5.41) is 3.96. The van der Waals surface area contributed by atoms with E-state index in [-0.39, 0.29) is 0 Å². The number of nitrogens with one attached hydrogen (secondary N) is 1. The molecule has 0 saturated heterocycles. The first-order chi connectivity index (χ1) is 7.00. The Morgan fingerprint density at radius 1 is 1.47 bits per heavy atom. The molecule has 0 aliphatic rings. The summed E-state index contributed by atoms with van der Waals surface area (Å²) in [7, 11) is 4.11. The predicted molar refractivity (Wildman–Crippen MR) is 67.5 cm³/mol. The van der Waals surface area contributed by atoms with E-state index in [4.69, 9.17) is 17.3 Å². The van der Waals surface area contributed by atoms with Crippen molar-refractivity contribution in [1.29, 1.82) is 0 Å². The van der Waals surface area contributed by atoms with E-state index < -0.39 is 0 Å². The van der Waals surface area contributed by atoms with Crippen molar-refractivity contribution in [2.45, 2.75) is 13.0 Å². The third-order valence-electron chi connectivity index (χ3n) is 2.48. The summed E-state index contributed by atoms with van der Waals surface area (Å²) in [5.74, 6) is 0. The summed E-state index contributed by atoms with van der Waals surface area (Å²) < 4.78 is 0. The number of nitrogens with zero attached hydrogens (tertiary/aromatic N) is 1. The molecular formula is C11H18ClN3. The van der Waals surface area contributed by atoms with Crippen LogP contribution in [-0.4, -0.2) is 31.6 Å². The van der Waals surface area contributed by atoms with Gasteiger partial charge < -0.3 is 16.0 Å². The third-order valence-corrected chi connectivity index (χ3v) is 2.72. The Balaban J connectivity index is 2.58. The molecule has 0 heterocycles. The second kappa shape index (κ2) is 5.24. The lowest BCUT2D eigenvalue weighted by Gasteiger charge is -2.21. The predicted octanol–water partition coefficient (Wildman–Crippen LogP) is 2.28. The Kier molecular flexibility index (Phi) is 4.24. The first-order valence-electron chi connectivity index (χ1n) is 4.96. The van der Waals surface area contributed by atoms with Crippen molar-refractivity contribution in [2.75, 3.05) is 31.7 Å². The van der Waals surface area contributed by atoms with E-state index in [9.17, 15) is 0 Å². The molecule has 1 aromatic rings. The molecule has 0 saturated carbocycles. The average Bonchev–Trinajstić information content (AvgIpc) is 2.15. The van der Waals surface area contributed by atoms with Crippen molar-refractivity contribution < 1.29 is 0 Å². The highest BCUT2D eigenvalue weighted by Crippen LogP contribution is 2.22. The summed E-state index contributed by atoms with van der Waals surface area (Å²) in [6, 6.07) is 5.95. The molecule has 1 rings (SSSR count). The molecule has 3 nitrogen and oxygen atoms in total. The minimum Gasteiger partial charge on any atom is -0.397 e. The van der Waals surface area contributed by atoms with E-state index in [1.807, 2.05) is 12.1 Å². The van der Waals surface area contributed by atoms with Crippen LogP contribution in [0, 0.1) is 0 Å². The molecule has 0 aliphatic carbocycles. The van der Waals surface area contributed by atoms with Gasteiger partial charge in [0.25, 0.3) is 0 Å². The topological polar surface area (TPSA) is 41.3 Å². The average molecular weight is 228 g/mol. The van der Waals surface area contributed by atoms with Gasteiger partial charge in [-0.25, -0.2) is 0 Å². The number of halogens is 1. The zero-order valence-corrected chi connectivity index (χ0v) is 10.2. The van der Waals surface area contributed by atoms with Gasteiger partial charge in [0.05, 0.1) is 11.4 Å². The largest absolute Gasteiger partial charge is 0.397 e. The van der Waals surface area contributed by atoms with Crippen molar-refractivity contribution in [3.8, 4) is 0 Å². The molecule has 0 spiro atoms. The van der Waals surface area contributed by atoms with Crippen LogP contribution in [0.15, 0.2) is 18.2 Å². The fourth-order valence-electron chi connectivity index (χ4n) is 1.13. The van der Waals surface area contributed by atoms with Crippen molar-refractivity contribution >= 4 is 23.0 Å². The maximum atomic E-state index is 5.82. The summed E-state index contributed by atoms with van der Waals surface area (Å²) in [4.78, 5) is 2.15. The van der Waals surface area contributed by atoms with Gasteiger partial charge in [-0.15, -0.1) is 0 Å². The van der Waals surface area contributed by atoms with Crippen molar-refractivity contribution in [1.82, 2.24) is 4.90 Å². The molecule has 1 atom stereocenters. The highest BCUT2D eigenvalue weighted by molar-refractivity contribution is 6.31. The lowest BCUT2D eigenvalue weighted by atomic mass is 10.2. The number of hydrogen-bond acceptors (Lipinski definition) is 3. The van der Waals surface area contributed by atoms with Gasteiger partial charge in [0.15, 0.2) is 0 Å². The number of rotatable bonds is 4. The quantitative estimate of drug-likeness (QED) is 0.776. The van der Waals surface area contributed by atoms with Gasteiger partial charge in [-0.2, -0.15) is 0 Å².